The second kappa shape index (κ2) is 7.54. The van der Waals surface area contributed by atoms with Gasteiger partial charge in [-0.2, -0.15) is 0 Å². The van der Waals surface area contributed by atoms with Gasteiger partial charge < -0.3 is 10.6 Å². The summed E-state index contributed by atoms with van der Waals surface area (Å²) in [5.74, 6) is -0.671. The number of sulfone groups is 1. The van der Waals surface area contributed by atoms with Gasteiger partial charge in [0.1, 0.15) is 5.69 Å². The molecule has 7 nitrogen and oxygen atoms in total. The van der Waals surface area contributed by atoms with Gasteiger partial charge in [0.25, 0.3) is 11.8 Å². The molecular formula is C15H21N3O4S. The summed E-state index contributed by atoms with van der Waals surface area (Å²) in [5, 5.41) is 5.43. The molecule has 23 heavy (non-hydrogen) atoms. The van der Waals surface area contributed by atoms with Gasteiger partial charge in [0.15, 0.2) is 9.84 Å². The smallest absolute Gasteiger partial charge is 0.270 e. The number of aromatic nitrogens is 1. The second-order valence-electron chi connectivity index (χ2n) is 5.61. The topological polar surface area (TPSA) is 105 Å². The van der Waals surface area contributed by atoms with E-state index in [1.807, 2.05) is 6.92 Å². The van der Waals surface area contributed by atoms with Gasteiger partial charge in [0, 0.05) is 24.3 Å². The minimum atomic E-state index is -3.06. The lowest BCUT2D eigenvalue weighted by Gasteiger charge is -2.11. The van der Waals surface area contributed by atoms with Gasteiger partial charge in [0.05, 0.1) is 11.5 Å². The predicted octanol–water partition coefficient (Wildman–Crippen LogP) is 0.528. The number of pyridine rings is 1. The van der Waals surface area contributed by atoms with Gasteiger partial charge >= 0.3 is 0 Å². The Morgan fingerprint density at radius 2 is 2.13 bits per heavy atom. The summed E-state index contributed by atoms with van der Waals surface area (Å²) in [5.41, 5.74) is 0.470. The lowest BCUT2D eigenvalue weighted by Crippen LogP contribution is -2.36. The molecule has 1 atom stereocenters. The fraction of sp³-hybridized carbons (Fsp3) is 0.533. The van der Waals surface area contributed by atoms with Crippen molar-refractivity contribution in [1.82, 2.24) is 15.6 Å². The van der Waals surface area contributed by atoms with Crippen molar-refractivity contribution in [3.05, 3.63) is 29.6 Å². The molecule has 1 unspecified atom stereocenters. The zero-order chi connectivity index (χ0) is 16.9. The first kappa shape index (κ1) is 17.4. The minimum Gasteiger partial charge on any atom is -0.352 e. The predicted molar refractivity (Wildman–Crippen MR) is 86.0 cm³/mol. The first-order valence-electron chi connectivity index (χ1n) is 7.67. The molecule has 0 aromatic carbocycles. The van der Waals surface area contributed by atoms with Crippen molar-refractivity contribution in [2.75, 3.05) is 18.1 Å². The summed E-state index contributed by atoms with van der Waals surface area (Å²) in [6.07, 6.45) is 3.68. The van der Waals surface area contributed by atoms with Crippen LogP contribution in [0.4, 0.5) is 0 Å². The molecule has 0 saturated carbocycles. The molecule has 1 aromatic heterocycles. The van der Waals surface area contributed by atoms with Crippen LogP contribution in [0.5, 0.6) is 0 Å². The van der Waals surface area contributed by atoms with Crippen molar-refractivity contribution in [2.45, 2.75) is 32.2 Å². The molecule has 1 aromatic rings. The van der Waals surface area contributed by atoms with Crippen LogP contribution in [0.15, 0.2) is 18.3 Å². The van der Waals surface area contributed by atoms with Crippen molar-refractivity contribution in [3.63, 3.8) is 0 Å². The van der Waals surface area contributed by atoms with E-state index in [2.05, 4.69) is 15.6 Å². The Kier molecular flexibility index (Phi) is 5.70. The average Bonchev–Trinajstić information content (AvgIpc) is 2.86. The Labute approximate surface area is 135 Å². The average molecular weight is 339 g/mol. The quantitative estimate of drug-likeness (QED) is 0.736. The first-order chi connectivity index (χ1) is 10.9. The maximum atomic E-state index is 12.1. The Morgan fingerprint density at radius 3 is 2.78 bits per heavy atom. The zero-order valence-corrected chi connectivity index (χ0v) is 13.9. The highest BCUT2D eigenvalue weighted by Gasteiger charge is 2.29. The summed E-state index contributed by atoms with van der Waals surface area (Å²) >= 11 is 0. The van der Waals surface area contributed by atoms with Crippen LogP contribution in [0.25, 0.3) is 0 Å². The molecule has 126 valence electrons. The van der Waals surface area contributed by atoms with E-state index in [0.717, 1.165) is 12.8 Å². The van der Waals surface area contributed by atoms with Gasteiger partial charge in [-0.15, -0.1) is 0 Å². The Morgan fingerprint density at radius 1 is 1.35 bits per heavy atom. The van der Waals surface area contributed by atoms with Crippen LogP contribution in [0, 0.1) is 0 Å². The van der Waals surface area contributed by atoms with Crippen molar-refractivity contribution >= 4 is 21.7 Å². The van der Waals surface area contributed by atoms with E-state index in [1.165, 1.54) is 18.3 Å². The molecule has 0 radical (unpaired) electrons. The number of nitrogens with zero attached hydrogens (tertiary/aromatic N) is 1. The van der Waals surface area contributed by atoms with Gasteiger partial charge in [-0.25, -0.2) is 8.42 Å². The molecule has 1 saturated heterocycles. The maximum Gasteiger partial charge on any atom is 0.270 e. The summed E-state index contributed by atoms with van der Waals surface area (Å²) in [6, 6.07) is 2.56. The lowest BCUT2D eigenvalue weighted by atomic mass is 10.2. The fourth-order valence-corrected chi connectivity index (χ4v) is 4.02. The van der Waals surface area contributed by atoms with Crippen LogP contribution < -0.4 is 10.6 Å². The number of unbranched alkanes of at least 4 members (excludes halogenated alkanes) is 1. The normalized spacial score (nSPS) is 19.3. The van der Waals surface area contributed by atoms with Gasteiger partial charge in [-0.3, -0.25) is 14.6 Å². The molecule has 1 aliphatic heterocycles. The molecule has 2 heterocycles. The maximum absolute atomic E-state index is 12.1. The molecular weight excluding hydrogens is 318 g/mol. The number of rotatable bonds is 6. The van der Waals surface area contributed by atoms with Crippen molar-refractivity contribution in [3.8, 4) is 0 Å². The Bertz CT molecular complexity index is 688. The highest BCUT2D eigenvalue weighted by atomic mass is 32.2. The van der Waals surface area contributed by atoms with E-state index in [1.54, 1.807) is 0 Å². The van der Waals surface area contributed by atoms with Crippen LogP contribution in [-0.2, 0) is 9.84 Å². The molecule has 2 amide bonds. The summed E-state index contributed by atoms with van der Waals surface area (Å²) in [7, 11) is -3.06. The summed E-state index contributed by atoms with van der Waals surface area (Å²) in [4.78, 5) is 28.1. The number of hydrogen-bond donors (Lipinski definition) is 2. The molecule has 1 aliphatic rings. The lowest BCUT2D eigenvalue weighted by molar-refractivity contribution is 0.0936. The SMILES string of the molecule is CCCCNC(=O)c1ccnc(C(=O)NC2CCS(=O)(=O)C2)c1. The monoisotopic (exact) mass is 339 g/mol. The molecule has 1 fully saturated rings. The van der Waals surface area contributed by atoms with Crippen LogP contribution in [-0.4, -0.2) is 49.3 Å². The van der Waals surface area contributed by atoms with Crippen molar-refractivity contribution in [1.29, 1.82) is 0 Å². The second-order valence-corrected chi connectivity index (χ2v) is 7.84. The standard InChI is InChI=1S/C15H21N3O4S/c1-2-3-6-17-14(19)11-4-7-16-13(9-11)15(20)18-12-5-8-23(21,22)10-12/h4,7,9,12H,2-3,5-6,8,10H2,1H3,(H,17,19)(H,18,20). The third kappa shape index (κ3) is 5.02. The van der Waals surface area contributed by atoms with Crippen LogP contribution >= 0.6 is 0 Å². The van der Waals surface area contributed by atoms with Crippen LogP contribution in [0.2, 0.25) is 0 Å². The molecule has 0 spiro atoms. The molecule has 8 heteroatoms. The highest BCUT2D eigenvalue weighted by molar-refractivity contribution is 7.91. The Hall–Kier alpha value is -1.96. The largest absolute Gasteiger partial charge is 0.352 e. The number of carbonyl (C=O) groups is 2. The van der Waals surface area contributed by atoms with Crippen molar-refractivity contribution in [2.24, 2.45) is 0 Å². The van der Waals surface area contributed by atoms with Crippen molar-refractivity contribution < 1.29 is 18.0 Å². The molecule has 2 N–H and O–H groups in total. The van der Waals surface area contributed by atoms with Crippen LogP contribution in [0.3, 0.4) is 0 Å². The van der Waals surface area contributed by atoms with Crippen LogP contribution in [0.1, 0.15) is 47.0 Å². The van der Waals surface area contributed by atoms with E-state index in [-0.39, 0.29) is 23.1 Å². The fourth-order valence-electron chi connectivity index (χ4n) is 2.34. The zero-order valence-electron chi connectivity index (χ0n) is 13.0. The third-order valence-corrected chi connectivity index (χ3v) is 5.41. The first-order valence-corrected chi connectivity index (χ1v) is 9.49. The summed E-state index contributed by atoms with van der Waals surface area (Å²) < 4.78 is 22.8. The van der Waals surface area contributed by atoms with E-state index in [0.29, 0.717) is 18.5 Å². The number of hydrogen-bond acceptors (Lipinski definition) is 5. The highest BCUT2D eigenvalue weighted by Crippen LogP contribution is 2.12. The molecule has 0 aliphatic carbocycles. The van der Waals surface area contributed by atoms with Gasteiger partial charge in [0.2, 0.25) is 0 Å². The van der Waals surface area contributed by atoms with Gasteiger partial charge in [-0.05, 0) is 25.0 Å². The van der Waals surface area contributed by atoms with E-state index < -0.39 is 21.8 Å². The Balaban J connectivity index is 1.98. The number of nitrogens with one attached hydrogen (secondary N) is 2. The third-order valence-electron chi connectivity index (χ3n) is 3.64. The van der Waals surface area contributed by atoms with E-state index in [9.17, 15) is 18.0 Å². The van der Waals surface area contributed by atoms with E-state index >= 15 is 0 Å². The summed E-state index contributed by atoms with van der Waals surface area (Å²) in [6.45, 7) is 2.61. The van der Waals surface area contributed by atoms with E-state index in [4.69, 9.17) is 0 Å². The minimum absolute atomic E-state index is 0.0457. The van der Waals surface area contributed by atoms with Gasteiger partial charge in [-0.1, -0.05) is 13.3 Å². The number of amides is 2. The molecule has 2 rings (SSSR count). The number of carbonyl (C=O) groups excluding carboxylic acids is 2. The molecule has 0 bridgehead atoms.